The highest BCUT2D eigenvalue weighted by Crippen LogP contribution is 2.42. The van der Waals surface area contributed by atoms with Crippen molar-refractivity contribution in [3.8, 4) is 0 Å². The van der Waals surface area contributed by atoms with E-state index in [1.54, 1.807) is 13.8 Å². The fourth-order valence-electron chi connectivity index (χ4n) is 4.45. The Bertz CT molecular complexity index is 895. The van der Waals surface area contributed by atoms with E-state index in [1.165, 1.54) is 20.8 Å². The predicted molar refractivity (Wildman–Crippen MR) is 126 cm³/mol. The Morgan fingerprint density at radius 1 is 0.763 bits per heavy atom. The van der Waals surface area contributed by atoms with E-state index in [4.69, 9.17) is 49.5 Å². The van der Waals surface area contributed by atoms with Crippen molar-refractivity contribution in [3.63, 3.8) is 0 Å². The molecule has 216 valence electrons. The molecule has 0 amide bonds. The maximum absolute atomic E-state index is 12.0. The summed E-state index contributed by atoms with van der Waals surface area (Å²) in [5.41, 5.74) is 0. The van der Waals surface area contributed by atoms with Crippen LogP contribution in [0.25, 0.3) is 0 Å². The number of alkyl halides is 1. The molecule has 2 heterocycles. The summed E-state index contributed by atoms with van der Waals surface area (Å²) in [6, 6.07) is 0. The van der Waals surface area contributed by atoms with E-state index >= 15 is 0 Å². The van der Waals surface area contributed by atoms with Gasteiger partial charge in [0, 0.05) is 40.5 Å². The Labute approximate surface area is 225 Å². The van der Waals surface area contributed by atoms with Crippen LogP contribution in [0.5, 0.6) is 0 Å². The molecule has 0 bridgehead atoms. The van der Waals surface area contributed by atoms with E-state index < -0.39 is 90.3 Å². The molecule has 2 aliphatic rings. The summed E-state index contributed by atoms with van der Waals surface area (Å²) in [7, 11) is 0. The monoisotopic (exact) mass is 566 g/mol. The van der Waals surface area contributed by atoms with Crippen molar-refractivity contribution >= 4 is 41.4 Å². The van der Waals surface area contributed by atoms with Gasteiger partial charge in [0.25, 0.3) is 0 Å². The van der Waals surface area contributed by atoms with Crippen molar-refractivity contribution in [1.82, 2.24) is 0 Å². The summed E-state index contributed by atoms with van der Waals surface area (Å²) in [6.07, 6.45) is -7.71. The molecule has 2 saturated heterocycles. The molecule has 0 aromatic heterocycles. The highest BCUT2D eigenvalue weighted by atomic mass is 35.5. The van der Waals surface area contributed by atoms with Gasteiger partial charge >= 0.3 is 29.8 Å². The number of rotatable bonds is 10. The fraction of sp³-hybridized carbons (Fsp3) is 0.792. The lowest BCUT2D eigenvalue weighted by atomic mass is 9.90. The van der Waals surface area contributed by atoms with Crippen molar-refractivity contribution in [3.05, 3.63) is 0 Å². The SMILES string of the molecule is CCC1OC(CCl)(OC2OC(COC(C)=O)C(C)C(OC(C)=O)C2OC(C)=O)C(OC(C)=O)C1OC(C)=O. The highest BCUT2D eigenvalue weighted by molar-refractivity contribution is 6.18. The second-order valence-electron chi connectivity index (χ2n) is 9.08. The molecule has 9 unspecified atom stereocenters. The Hall–Kier alpha value is -2.48. The van der Waals surface area contributed by atoms with Gasteiger partial charge in [-0.25, -0.2) is 0 Å². The van der Waals surface area contributed by atoms with Gasteiger partial charge in [-0.15, -0.1) is 11.6 Å². The zero-order valence-electron chi connectivity index (χ0n) is 22.4. The Morgan fingerprint density at radius 3 is 1.76 bits per heavy atom. The highest BCUT2D eigenvalue weighted by Gasteiger charge is 2.62. The number of esters is 5. The Morgan fingerprint density at radius 2 is 1.29 bits per heavy atom. The lowest BCUT2D eigenvalue weighted by Crippen LogP contribution is -2.62. The number of carbonyl (C=O) groups excluding carboxylic acids is 5. The minimum absolute atomic E-state index is 0.239. The van der Waals surface area contributed by atoms with Crippen molar-refractivity contribution in [2.24, 2.45) is 5.92 Å². The van der Waals surface area contributed by atoms with Crippen LogP contribution in [0.4, 0.5) is 0 Å². The third-order valence-electron chi connectivity index (χ3n) is 6.01. The van der Waals surface area contributed by atoms with Crippen LogP contribution in [0, 0.1) is 5.92 Å². The van der Waals surface area contributed by atoms with Crippen LogP contribution < -0.4 is 0 Å². The maximum Gasteiger partial charge on any atom is 0.303 e. The molecule has 0 saturated carbocycles. The molecule has 9 atom stereocenters. The molecule has 0 spiro atoms. The molecule has 2 fully saturated rings. The summed E-state index contributed by atoms with van der Waals surface area (Å²) in [5.74, 6) is -6.37. The van der Waals surface area contributed by atoms with Crippen LogP contribution in [0.3, 0.4) is 0 Å². The fourth-order valence-corrected chi connectivity index (χ4v) is 4.73. The zero-order valence-corrected chi connectivity index (χ0v) is 23.2. The molecule has 0 aromatic rings. The first kappa shape index (κ1) is 31.7. The van der Waals surface area contributed by atoms with Crippen LogP contribution >= 0.6 is 11.6 Å². The van der Waals surface area contributed by atoms with Gasteiger partial charge in [0.1, 0.15) is 24.9 Å². The Balaban J connectivity index is 2.55. The molecule has 2 rings (SSSR count). The van der Waals surface area contributed by atoms with Crippen molar-refractivity contribution < 1.29 is 61.9 Å². The average molecular weight is 567 g/mol. The topological polar surface area (TPSA) is 159 Å². The number of halogens is 1. The number of hydrogen-bond donors (Lipinski definition) is 0. The van der Waals surface area contributed by atoms with Gasteiger partial charge in [-0.2, -0.15) is 0 Å². The largest absolute Gasteiger partial charge is 0.463 e. The summed E-state index contributed by atoms with van der Waals surface area (Å²) >= 11 is 6.33. The molecule has 38 heavy (non-hydrogen) atoms. The first-order valence-electron chi connectivity index (χ1n) is 12.1. The minimum atomic E-state index is -1.94. The summed E-state index contributed by atoms with van der Waals surface area (Å²) in [5, 5.41) is 0. The first-order chi connectivity index (χ1) is 17.7. The van der Waals surface area contributed by atoms with Gasteiger partial charge in [-0.05, 0) is 6.42 Å². The summed E-state index contributed by atoms with van der Waals surface area (Å²) in [4.78, 5) is 59.3. The van der Waals surface area contributed by atoms with Gasteiger partial charge in [-0.1, -0.05) is 13.8 Å². The Kier molecular flexibility index (Phi) is 11.3. The lowest BCUT2D eigenvalue weighted by Gasteiger charge is -2.46. The van der Waals surface area contributed by atoms with E-state index in [-0.39, 0.29) is 6.61 Å². The average Bonchev–Trinajstić information content (AvgIpc) is 3.08. The van der Waals surface area contributed by atoms with Gasteiger partial charge < -0.3 is 37.9 Å². The zero-order chi connectivity index (χ0) is 28.8. The molecule has 0 radical (unpaired) electrons. The van der Waals surface area contributed by atoms with Crippen LogP contribution in [0.15, 0.2) is 0 Å². The van der Waals surface area contributed by atoms with Crippen LogP contribution in [-0.2, 0) is 61.9 Å². The lowest BCUT2D eigenvalue weighted by molar-refractivity contribution is -0.367. The van der Waals surface area contributed by atoms with Gasteiger partial charge in [0.2, 0.25) is 12.1 Å². The van der Waals surface area contributed by atoms with Gasteiger partial charge in [0.05, 0.1) is 5.88 Å². The predicted octanol–water partition coefficient (Wildman–Crippen LogP) is 1.40. The minimum Gasteiger partial charge on any atom is -0.463 e. The molecule has 14 heteroatoms. The molecule has 0 aromatic carbocycles. The molecular weight excluding hydrogens is 532 g/mol. The second-order valence-corrected chi connectivity index (χ2v) is 9.35. The normalized spacial score (nSPS) is 34.6. The molecule has 2 aliphatic heterocycles. The number of hydrogen-bond acceptors (Lipinski definition) is 13. The van der Waals surface area contributed by atoms with Crippen LogP contribution in [0.2, 0.25) is 0 Å². The maximum atomic E-state index is 12.0. The van der Waals surface area contributed by atoms with Crippen molar-refractivity contribution in [2.45, 2.75) is 104 Å². The summed E-state index contributed by atoms with van der Waals surface area (Å²) in [6.45, 7) is 9.04. The van der Waals surface area contributed by atoms with Crippen LogP contribution in [0.1, 0.15) is 54.9 Å². The van der Waals surface area contributed by atoms with E-state index in [0.717, 1.165) is 13.8 Å². The molecular formula is C24H35ClO13. The van der Waals surface area contributed by atoms with Crippen LogP contribution in [-0.4, -0.2) is 91.0 Å². The smallest absolute Gasteiger partial charge is 0.303 e. The number of carbonyl (C=O) groups is 5. The van der Waals surface area contributed by atoms with Crippen molar-refractivity contribution in [1.29, 1.82) is 0 Å². The molecule has 0 aliphatic carbocycles. The first-order valence-corrected chi connectivity index (χ1v) is 12.7. The van der Waals surface area contributed by atoms with Crippen molar-refractivity contribution in [2.75, 3.05) is 12.5 Å². The summed E-state index contributed by atoms with van der Waals surface area (Å²) < 4.78 is 45.3. The third-order valence-corrected chi connectivity index (χ3v) is 6.38. The second kappa shape index (κ2) is 13.5. The quantitative estimate of drug-likeness (QED) is 0.212. The molecule has 0 N–H and O–H groups in total. The van der Waals surface area contributed by atoms with E-state index in [2.05, 4.69) is 0 Å². The number of ether oxygens (including phenoxy) is 8. The van der Waals surface area contributed by atoms with Gasteiger partial charge in [-0.3, -0.25) is 24.0 Å². The van der Waals surface area contributed by atoms with E-state index in [9.17, 15) is 24.0 Å². The molecule has 13 nitrogen and oxygen atoms in total. The van der Waals surface area contributed by atoms with E-state index in [1.807, 2.05) is 0 Å². The van der Waals surface area contributed by atoms with E-state index in [0.29, 0.717) is 6.42 Å². The standard InChI is InChI=1S/C24H35ClO13/c1-8-17-20(33-14(5)28)22(35-16(7)30)24(10-25,37-17)38-23-21(34-15(6)29)19(32-13(4)27)11(2)18(36-23)9-31-12(3)26/h11,17-23H,8-10H2,1-7H3. The van der Waals surface area contributed by atoms with Gasteiger partial charge in [0.15, 0.2) is 18.3 Å². The third kappa shape index (κ3) is 7.78.